The molecule has 3 rings (SSSR count). The second-order valence-electron chi connectivity index (χ2n) is 5.48. The van der Waals surface area contributed by atoms with Gasteiger partial charge in [0.15, 0.2) is 10.1 Å². The minimum atomic E-state index is -0.217. The molecule has 1 amide bonds. The molecule has 0 saturated heterocycles. The highest BCUT2D eigenvalue weighted by atomic mass is 32.2. The summed E-state index contributed by atoms with van der Waals surface area (Å²) < 4.78 is 0.812. The number of anilines is 1. The zero-order valence-electron chi connectivity index (χ0n) is 13.2. The highest BCUT2D eigenvalue weighted by Gasteiger charge is 2.25. The number of aromatic nitrogens is 2. The van der Waals surface area contributed by atoms with Crippen LogP contribution in [0, 0.1) is 6.92 Å². The maximum absolute atomic E-state index is 12.6. The molecule has 0 N–H and O–H groups in total. The first-order chi connectivity index (χ1) is 11.0. The number of amides is 1. The predicted octanol–water partition coefficient (Wildman–Crippen LogP) is 3.12. The topological polar surface area (TPSA) is 63.2 Å². The van der Waals surface area contributed by atoms with Gasteiger partial charge in [-0.25, -0.2) is 0 Å². The van der Waals surface area contributed by atoms with Crippen LogP contribution in [0.5, 0.6) is 0 Å². The average Bonchev–Trinajstić information content (AvgIpc) is 3.11. The minimum absolute atomic E-state index is 0.0402. The second kappa shape index (κ2) is 6.41. The maximum atomic E-state index is 12.6. The van der Waals surface area contributed by atoms with Crippen molar-refractivity contribution in [2.75, 3.05) is 11.4 Å². The fraction of sp³-hybridized carbons (Fsp3) is 0.375. The van der Waals surface area contributed by atoms with Gasteiger partial charge in [-0.3, -0.25) is 9.59 Å². The number of carbonyl (C=O) groups is 2. The van der Waals surface area contributed by atoms with Crippen LogP contribution in [-0.2, 0) is 11.2 Å². The zero-order chi connectivity index (χ0) is 16.6. The number of aryl methyl sites for hydroxylation is 1. The molecule has 1 unspecified atom stereocenters. The fourth-order valence-electron chi connectivity index (χ4n) is 2.65. The molecule has 5 nitrogen and oxygen atoms in total. The van der Waals surface area contributed by atoms with Gasteiger partial charge >= 0.3 is 0 Å². The van der Waals surface area contributed by atoms with Gasteiger partial charge in [0, 0.05) is 24.7 Å². The minimum Gasteiger partial charge on any atom is -0.312 e. The quantitative estimate of drug-likeness (QED) is 0.628. The van der Waals surface area contributed by atoms with Crippen molar-refractivity contribution >= 4 is 40.5 Å². The first-order valence-electron chi connectivity index (χ1n) is 7.37. The number of carbonyl (C=O) groups excluding carboxylic acids is 2. The molecule has 0 fully saturated rings. The number of fused-ring (bicyclic) bond motifs is 1. The van der Waals surface area contributed by atoms with E-state index < -0.39 is 0 Å². The molecule has 1 aromatic heterocycles. The normalized spacial score (nSPS) is 14.7. The zero-order valence-corrected chi connectivity index (χ0v) is 14.8. The van der Waals surface area contributed by atoms with Crippen molar-refractivity contribution in [2.45, 2.75) is 36.8 Å². The summed E-state index contributed by atoms with van der Waals surface area (Å²) >= 11 is 2.93. The Hall–Kier alpha value is -1.73. The molecule has 23 heavy (non-hydrogen) atoms. The number of Topliss-reactive ketones (excluding diaryl/α,β-unsaturated/α-hetero) is 1. The van der Waals surface area contributed by atoms with Crippen molar-refractivity contribution in [2.24, 2.45) is 0 Å². The first kappa shape index (κ1) is 16.1. The highest BCUT2D eigenvalue weighted by Crippen LogP contribution is 2.32. The van der Waals surface area contributed by atoms with Gasteiger partial charge in [-0.05, 0) is 44.0 Å². The highest BCUT2D eigenvalue weighted by molar-refractivity contribution is 8.02. The van der Waals surface area contributed by atoms with Crippen LogP contribution in [0.15, 0.2) is 22.5 Å². The van der Waals surface area contributed by atoms with E-state index in [9.17, 15) is 9.59 Å². The standard InChI is InChI=1S/C16H17N3O2S2/c1-9(22-16-18-17-10(2)23-16)15(21)13-4-5-14-12(8-13)6-7-19(14)11(3)20/h4-5,8-9H,6-7H2,1-3H3. The van der Waals surface area contributed by atoms with Crippen molar-refractivity contribution in [3.8, 4) is 0 Å². The summed E-state index contributed by atoms with van der Waals surface area (Å²) in [6, 6.07) is 5.61. The summed E-state index contributed by atoms with van der Waals surface area (Å²) in [6.45, 7) is 6.04. The summed E-state index contributed by atoms with van der Waals surface area (Å²) in [4.78, 5) is 26.0. The van der Waals surface area contributed by atoms with Crippen LogP contribution in [0.25, 0.3) is 0 Å². The van der Waals surface area contributed by atoms with Gasteiger partial charge in [0.2, 0.25) is 5.91 Å². The van der Waals surface area contributed by atoms with Crippen molar-refractivity contribution in [3.05, 3.63) is 34.3 Å². The Labute approximate surface area is 143 Å². The number of benzene rings is 1. The van der Waals surface area contributed by atoms with Crippen molar-refractivity contribution in [3.63, 3.8) is 0 Å². The summed E-state index contributed by atoms with van der Waals surface area (Å²) in [5.74, 6) is 0.116. The molecule has 2 heterocycles. The van der Waals surface area contributed by atoms with Crippen LogP contribution in [-0.4, -0.2) is 33.7 Å². The number of ketones is 1. The van der Waals surface area contributed by atoms with Gasteiger partial charge in [0.05, 0.1) is 5.25 Å². The molecule has 0 spiro atoms. The molecular weight excluding hydrogens is 330 g/mol. The molecule has 1 atom stereocenters. The summed E-state index contributed by atoms with van der Waals surface area (Å²) in [7, 11) is 0. The number of hydrogen-bond acceptors (Lipinski definition) is 6. The van der Waals surface area contributed by atoms with E-state index in [1.54, 1.807) is 11.8 Å². The van der Waals surface area contributed by atoms with Gasteiger partial charge in [-0.2, -0.15) is 0 Å². The van der Waals surface area contributed by atoms with Gasteiger partial charge < -0.3 is 4.90 Å². The third-order valence-electron chi connectivity index (χ3n) is 3.79. The number of hydrogen-bond donors (Lipinski definition) is 0. The molecule has 1 aromatic carbocycles. The van der Waals surface area contributed by atoms with Crippen LogP contribution in [0.2, 0.25) is 0 Å². The lowest BCUT2D eigenvalue weighted by Gasteiger charge is -2.15. The van der Waals surface area contributed by atoms with Gasteiger partial charge in [-0.15, -0.1) is 10.2 Å². The Morgan fingerprint density at radius 3 is 2.78 bits per heavy atom. The molecular formula is C16H17N3O2S2. The van der Waals surface area contributed by atoms with E-state index >= 15 is 0 Å². The van der Waals surface area contributed by atoms with Crippen LogP contribution in [0.1, 0.15) is 34.8 Å². The van der Waals surface area contributed by atoms with Crippen molar-refractivity contribution in [1.82, 2.24) is 10.2 Å². The van der Waals surface area contributed by atoms with Gasteiger partial charge in [0.1, 0.15) is 5.01 Å². The van der Waals surface area contributed by atoms with E-state index in [1.165, 1.54) is 23.1 Å². The number of rotatable bonds is 4. The lowest BCUT2D eigenvalue weighted by molar-refractivity contribution is -0.116. The third kappa shape index (κ3) is 3.30. The van der Waals surface area contributed by atoms with E-state index in [2.05, 4.69) is 10.2 Å². The fourth-order valence-corrected chi connectivity index (χ4v) is 4.68. The van der Waals surface area contributed by atoms with E-state index in [1.807, 2.05) is 32.0 Å². The molecule has 120 valence electrons. The number of thioether (sulfide) groups is 1. The average molecular weight is 347 g/mol. The monoisotopic (exact) mass is 347 g/mol. The molecule has 0 bridgehead atoms. The van der Waals surface area contributed by atoms with Crippen LogP contribution in [0.3, 0.4) is 0 Å². The summed E-state index contributed by atoms with van der Waals surface area (Å²) in [5.41, 5.74) is 2.68. The van der Waals surface area contributed by atoms with Gasteiger partial charge in [0.25, 0.3) is 0 Å². The number of nitrogens with zero attached hydrogens (tertiary/aromatic N) is 3. The molecule has 7 heteroatoms. The lowest BCUT2D eigenvalue weighted by Crippen LogP contribution is -2.25. The summed E-state index contributed by atoms with van der Waals surface area (Å²) in [6.07, 6.45) is 0.799. The molecule has 2 aromatic rings. The van der Waals surface area contributed by atoms with Crippen LogP contribution < -0.4 is 4.90 Å². The van der Waals surface area contributed by atoms with Crippen molar-refractivity contribution < 1.29 is 9.59 Å². The predicted molar refractivity (Wildman–Crippen MR) is 92.5 cm³/mol. The molecule has 0 radical (unpaired) electrons. The molecule has 1 aliphatic heterocycles. The van der Waals surface area contributed by atoms with Crippen molar-refractivity contribution in [1.29, 1.82) is 0 Å². The Morgan fingerprint density at radius 2 is 2.13 bits per heavy atom. The SMILES string of the molecule is CC(=O)N1CCc2cc(C(=O)C(C)Sc3nnc(C)s3)ccc21. The third-order valence-corrected chi connectivity index (χ3v) is 5.82. The second-order valence-corrected chi connectivity index (χ2v) is 8.25. The molecule has 0 saturated carbocycles. The van der Waals surface area contributed by atoms with Gasteiger partial charge in [-0.1, -0.05) is 23.1 Å². The van der Waals surface area contributed by atoms with Crippen LogP contribution >= 0.6 is 23.1 Å². The maximum Gasteiger partial charge on any atom is 0.223 e. The van der Waals surface area contributed by atoms with E-state index in [4.69, 9.17) is 0 Å². The lowest BCUT2D eigenvalue weighted by atomic mass is 10.0. The smallest absolute Gasteiger partial charge is 0.223 e. The first-order valence-corrected chi connectivity index (χ1v) is 9.07. The largest absolute Gasteiger partial charge is 0.312 e. The summed E-state index contributed by atoms with van der Waals surface area (Å²) in [5, 5.41) is 8.71. The van der Waals surface area contributed by atoms with E-state index in [-0.39, 0.29) is 16.9 Å². The Balaban J connectivity index is 1.77. The Kier molecular flexibility index (Phi) is 4.50. The van der Waals surface area contributed by atoms with Crippen LogP contribution in [0.4, 0.5) is 5.69 Å². The molecule has 0 aliphatic carbocycles. The van der Waals surface area contributed by atoms with E-state index in [0.717, 1.165) is 27.0 Å². The molecule has 1 aliphatic rings. The Morgan fingerprint density at radius 1 is 1.35 bits per heavy atom. The van der Waals surface area contributed by atoms with E-state index in [0.29, 0.717) is 12.1 Å². The Bertz CT molecular complexity index is 772.